The summed E-state index contributed by atoms with van der Waals surface area (Å²) in [5, 5.41) is 10.8. The average molecular weight is 337 g/mol. The third kappa shape index (κ3) is 4.09. The van der Waals surface area contributed by atoms with E-state index in [4.69, 9.17) is 4.74 Å². The SMILES string of the molecule is COc1ccc(/C=C/C(=O)N2CCC(O)(c3ccccc3)CC2)cc1. The number of aliphatic hydroxyl groups is 1. The number of methoxy groups -OCH3 is 1. The van der Waals surface area contributed by atoms with E-state index in [1.807, 2.05) is 54.6 Å². The predicted molar refractivity (Wildman–Crippen MR) is 98.2 cm³/mol. The van der Waals surface area contributed by atoms with E-state index >= 15 is 0 Å². The second kappa shape index (κ2) is 7.53. The standard InChI is InChI=1S/C21H23NO3/c1-25-19-10-7-17(8-11-19)9-12-20(23)22-15-13-21(24,14-16-22)18-5-3-2-4-6-18/h2-12,24H,13-16H2,1H3/b12-9+. The fraction of sp³-hybridized carbons (Fsp3) is 0.286. The fourth-order valence-electron chi connectivity index (χ4n) is 3.12. The third-order valence-electron chi connectivity index (χ3n) is 4.75. The molecule has 4 heteroatoms. The van der Waals surface area contributed by atoms with Gasteiger partial charge < -0.3 is 14.7 Å². The summed E-state index contributed by atoms with van der Waals surface area (Å²) in [6, 6.07) is 17.2. The molecule has 0 spiro atoms. The number of piperidine rings is 1. The number of rotatable bonds is 4. The smallest absolute Gasteiger partial charge is 0.246 e. The Hall–Kier alpha value is -2.59. The number of benzene rings is 2. The largest absolute Gasteiger partial charge is 0.497 e. The molecule has 0 aliphatic carbocycles. The Kier molecular flexibility index (Phi) is 5.19. The normalized spacial score (nSPS) is 16.8. The minimum Gasteiger partial charge on any atom is -0.497 e. The van der Waals surface area contributed by atoms with E-state index in [-0.39, 0.29) is 5.91 Å². The van der Waals surface area contributed by atoms with Crippen molar-refractivity contribution in [2.24, 2.45) is 0 Å². The first-order valence-corrected chi connectivity index (χ1v) is 8.50. The molecule has 1 saturated heterocycles. The molecular formula is C21H23NO3. The lowest BCUT2D eigenvalue weighted by Gasteiger charge is -2.38. The second-order valence-corrected chi connectivity index (χ2v) is 6.33. The first kappa shape index (κ1) is 17.2. The minimum absolute atomic E-state index is 0.0223. The van der Waals surface area contributed by atoms with Crippen molar-refractivity contribution in [2.45, 2.75) is 18.4 Å². The molecule has 3 rings (SSSR count). The van der Waals surface area contributed by atoms with Crippen LogP contribution in [0.4, 0.5) is 0 Å². The highest BCUT2D eigenvalue weighted by Crippen LogP contribution is 2.32. The minimum atomic E-state index is -0.836. The van der Waals surface area contributed by atoms with Gasteiger partial charge in [-0.3, -0.25) is 4.79 Å². The highest BCUT2D eigenvalue weighted by molar-refractivity contribution is 5.91. The van der Waals surface area contributed by atoms with Crippen LogP contribution in [0, 0.1) is 0 Å². The van der Waals surface area contributed by atoms with Gasteiger partial charge in [0, 0.05) is 19.2 Å². The monoisotopic (exact) mass is 337 g/mol. The average Bonchev–Trinajstić information content (AvgIpc) is 2.68. The van der Waals surface area contributed by atoms with Crippen LogP contribution in [-0.4, -0.2) is 36.1 Å². The van der Waals surface area contributed by atoms with Crippen LogP contribution >= 0.6 is 0 Å². The molecule has 0 bridgehead atoms. The number of nitrogens with zero attached hydrogens (tertiary/aromatic N) is 1. The molecule has 2 aromatic carbocycles. The Morgan fingerprint density at radius 3 is 2.32 bits per heavy atom. The Labute approximate surface area is 148 Å². The molecule has 25 heavy (non-hydrogen) atoms. The van der Waals surface area contributed by atoms with Crippen LogP contribution in [0.2, 0.25) is 0 Å². The Bertz CT molecular complexity index is 729. The third-order valence-corrected chi connectivity index (χ3v) is 4.75. The van der Waals surface area contributed by atoms with Gasteiger partial charge in [-0.15, -0.1) is 0 Å². The van der Waals surface area contributed by atoms with Crippen molar-refractivity contribution in [2.75, 3.05) is 20.2 Å². The summed E-state index contributed by atoms with van der Waals surface area (Å²) in [6.45, 7) is 1.11. The molecule has 1 N–H and O–H groups in total. The quantitative estimate of drug-likeness (QED) is 0.872. The van der Waals surface area contributed by atoms with E-state index in [9.17, 15) is 9.90 Å². The molecule has 0 aromatic heterocycles. The van der Waals surface area contributed by atoms with Crippen LogP contribution in [0.3, 0.4) is 0 Å². The van der Waals surface area contributed by atoms with Crippen LogP contribution in [0.25, 0.3) is 6.08 Å². The van der Waals surface area contributed by atoms with Crippen molar-refractivity contribution >= 4 is 12.0 Å². The molecule has 1 amide bonds. The summed E-state index contributed by atoms with van der Waals surface area (Å²) >= 11 is 0. The molecule has 0 atom stereocenters. The molecule has 0 saturated carbocycles. The number of ether oxygens (including phenoxy) is 1. The molecule has 1 heterocycles. The van der Waals surface area contributed by atoms with Gasteiger partial charge in [-0.05, 0) is 42.2 Å². The summed E-state index contributed by atoms with van der Waals surface area (Å²) in [5.74, 6) is 0.769. The summed E-state index contributed by atoms with van der Waals surface area (Å²) < 4.78 is 5.12. The fourth-order valence-corrected chi connectivity index (χ4v) is 3.12. The molecule has 130 valence electrons. The summed E-state index contributed by atoms with van der Waals surface area (Å²) in [6.07, 6.45) is 4.51. The number of likely N-dealkylation sites (tertiary alicyclic amines) is 1. The number of hydrogen-bond donors (Lipinski definition) is 1. The summed E-state index contributed by atoms with van der Waals surface area (Å²) in [7, 11) is 1.63. The van der Waals surface area contributed by atoms with Gasteiger partial charge in [0.05, 0.1) is 12.7 Å². The van der Waals surface area contributed by atoms with Crippen molar-refractivity contribution in [3.63, 3.8) is 0 Å². The molecular weight excluding hydrogens is 314 g/mol. The van der Waals surface area contributed by atoms with Gasteiger partial charge >= 0.3 is 0 Å². The highest BCUT2D eigenvalue weighted by atomic mass is 16.5. The Balaban J connectivity index is 1.58. The molecule has 0 radical (unpaired) electrons. The molecule has 0 unspecified atom stereocenters. The zero-order chi connectivity index (χ0) is 17.7. The lowest BCUT2D eigenvalue weighted by molar-refractivity contribution is -0.130. The lowest BCUT2D eigenvalue weighted by Crippen LogP contribution is -2.44. The highest BCUT2D eigenvalue weighted by Gasteiger charge is 2.34. The lowest BCUT2D eigenvalue weighted by atomic mass is 9.84. The summed E-state index contributed by atoms with van der Waals surface area (Å²) in [5.41, 5.74) is 1.04. The first-order chi connectivity index (χ1) is 12.1. The molecule has 4 nitrogen and oxygen atoms in total. The van der Waals surface area contributed by atoms with Crippen molar-refractivity contribution in [1.29, 1.82) is 0 Å². The van der Waals surface area contributed by atoms with E-state index in [1.54, 1.807) is 24.2 Å². The van der Waals surface area contributed by atoms with Gasteiger partial charge in [-0.1, -0.05) is 42.5 Å². The maximum atomic E-state index is 12.4. The predicted octanol–water partition coefficient (Wildman–Crippen LogP) is 3.22. The first-order valence-electron chi connectivity index (χ1n) is 8.50. The van der Waals surface area contributed by atoms with E-state index in [1.165, 1.54) is 0 Å². The molecule has 2 aromatic rings. The zero-order valence-corrected chi connectivity index (χ0v) is 14.4. The van der Waals surface area contributed by atoms with Crippen molar-refractivity contribution in [3.05, 3.63) is 71.8 Å². The summed E-state index contributed by atoms with van der Waals surface area (Å²) in [4.78, 5) is 14.2. The number of amides is 1. The van der Waals surface area contributed by atoms with Gasteiger partial charge in [-0.25, -0.2) is 0 Å². The van der Waals surface area contributed by atoms with Crippen molar-refractivity contribution in [1.82, 2.24) is 4.90 Å². The van der Waals surface area contributed by atoms with Gasteiger partial charge in [0.1, 0.15) is 5.75 Å². The number of carbonyl (C=O) groups is 1. The second-order valence-electron chi connectivity index (χ2n) is 6.33. The van der Waals surface area contributed by atoms with Crippen LogP contribution < -0.4 is 4.74 Å². The van der Waals surface area contributed by atoms with Crippen LogP contribution in [0.5, 0.6) is 5.75 Å². The topological polar surface area (TPSA) is 49.8 Å². The van der Waals surface area contributed by atoms with Crippen molar-refractivity contribution in [3.8, 4) is 5.75 Å². The molecule has 1 aliphatic heterocycles. The maximum absolute atomic E-state index is 12.4. The number of hydrogen-bond acceptors (Lipinski definition) is 3. The molecule has 1 aliphatic rings. The van der Waals surface area contributed by atoms with Gasteiger partial charge in [-0.2, -0.15) is 0 Å². The van der Waals surface area contributed by atoms with Gasteiger partial charge in [0.2, 0.25) is 5.91 Å². The maximum Gasteiger partial charge on any atom is 0.246 e. The van der Waals surface area contributed by atoms with E-state index in [0.29, 0.717) is 25.9 Å². The zero-order valence-electron chi connectivity index (χ0n) is 14.4. The van der Waals surface area contributed by atoms with E-state index in [2.05, 4.69) is 0 Å². The Morgan fingerprint density at radius 1 is 1.08 bits per heavy atom. The van der Waals surface area contributed by atoms with Crippen LogP contribution in [-0.2, 0) is 10.4 Å². The van der Waals surface area contributed by atoms with Crippen LogP contribution in [0.15, 0.2) is 60.7 Å². The van der Waals surface area contributed by atoms with Crippen molar-refractivity contribution < 1.29 is 14.6 Å². The van der Waals surface area contributed by atoms with Crippen LogP contribution in [0.1, 0.15) is 24.0 Å². The van der Waals surface area contributed by atoms with Gasteiger partial charge in [0.25, 0.3) is 0 Å². The Morgan fingerprint density at radius 2 is 1.72 bits per heavy atom. The molecule has 1 fully saturated rings. The van der Waals surface area contributed by atoms with E-state index in [0.717, 1.165) is 16.9 Å². The number of carbonyl (C=O) groups excluding carboxylic acids is 1. The van der Waals surface area contributed by atoms with E-state index < -0.39 is 5.60 Å². The van der Waals surface area contributed by atoms with Gasteiger partial charge in [0.15, 0.2) is 0 Å².